The van der Waals surface area contributed by atoms with E-state index in [0.29, 0.717) is 23.8 Å². The normalized spacial score (nSPS) is 11.4. The van der Waals surface area contributed by atoms with Crippen molar-refractivity contribution in [1.82, 2.24) is 5.32 Å². The van der Waals surface area contributed by atoms with Crippen molar-refractivity contribution < 1.29 is 19.1 Å². The molecule has 1 aromatic rings. The molecule has 0 saturated carbocycles. The highest BCUT2D eigenvalue weighted by Crippen LogP contribution is 2.13. The second kappa shape index (κ2) is 9.46. The summed E-state index contributed by atoms with van der Waals surface area (Å²) in [7, 11) is 0. The van der Waals surface area contributed by atoms with Crippen molar-refractivity contribution in [3.8, 4) is 11.8 Å². The highest BCUT2D eigenvalue weighted by Gasteiger charge is 2.17. The van der Waals surface area contributed by atoms with Crippen LogP contribution in [-0.4, -0.2) is 31.1 Å². The Hall–Kier alpha value is -2.55. The van der Waals surface area contributed by atoms with Gasteiger partial charge in [-0.05, 0) is 43.5 Å². The SMILES string of the molecule is CC(C)CCNC(=O)COC(=O)[C@H](C)Oc1ccc(C#N)cc1. The van der Waals surface area contributed by atoms with Crippen molar-refractivity contribution in [2.24, 2.45) is 5.92 Å². The molecule has 0 aromatic heterocycles. The molecule has 0 unspecified atom stereocenters. The molecular formula is C17H22N2O4. The highest BCUT2D eigenvalue weighted by molar-refractivity contribution is 5.81. The van der Waals surface area contributed by atoms with E-state index in [4.69, 9.17) is 14.7 Å². The van der Waals surface area contributed by atoms with Crippen LogP contribution in [0, 0.1) is 17.2 Å². The molecule has 0 fully saturated rings. The van der Waals surface area contributed by atoms with Crippen molar-refractivity contribution in [1.29, 1.82) is 5.26 Å². The molecule has 0 aliphatic rings. The number of carbonyl (C=O) groups is 2. The Bertz CT molecular complexity index is 561. The second-order valence-electron chi connectivity index (χ2n) is 5.54. The number of esters is 1. The minimum atomic E-state index is -0.841. The van der Waals surface area contributed by atoms with Crippen LogP contribution in [-0.2, 0) is 14.3 Å². The van der Waals surface area contributed by atoms with Crippen LogP contribution in [0.3, 0.4) is 0 Å². The van der Waals surface area contributed by atoms with Crippen LogP contribution >= 0.6 is 0 Å². The number of nitriles is 1. The van der Waals surface area contributed by atoms with E-state index >= 15 is 0 Å². The fourth-order valence-corrected chi connectivity index (χ4v) is 1.67. The van der Waals surface area contributed by atoms with E-state index in [1.165, 1.54) is 6.92 Å². The summed E-state index contributed by atoms with van der Waals surface area (Å²) in [5.74, 6) is 0.00599. The standard InChI is InChI=1S/C17H22N2O4/c1-12(2)8-9-19-16(20)11-22-17(21)13(3)23-15-6-4-14(10-18)5-7-15/h4-7,12-13H,8-9,11H2,1-3H3,(H,19,20)/t13-/m0/s1. The molecule has 23 heavy (non-hydrogen) atoms. The molecular weight excluding hydrogens is 296 g/mol. The summed E-state index contributed by atoms with van der Waals surface area (Å²) >= 11 is 0. The average Bonchev–Trinajstić information content (AvgIpc) is 2.52. The fraction of sp³-hybridized carbons (Fsp3) is 0.471. The number of hydrogen-bond donors (Lipinski definition) is 1. The largest absolute Gasteiger partial charge is 0.479 e. The van der Waals surface area contributed by atoms with Gasteiger partial charge in [-0.1, -0.05) is 13.8 Å². The van der Waals surface area contributed by atoms with Crippen molar-refractivity contribution >= 4 is 11.9 Å². The molecule has 1 atom stereocenters. The Kier molecular flexibility index (Phi) is 7.61. The van der Waals surface area contributed by atoms with Crippen molar-refractivity contribution in [3.05, 3.63) is 29.8 Å². The molecule has 0 aliphatic carbocycles. The maximum absolute atomic E-state index is 11.8. The quantitative estimate of drug-likeness (QED) is 0.741. The lowest BCUT2D eigenvalue weighted by Crippen LogP contribution is -2.33. The molecule has 0 aliphatic heterocycles. The number of nitrogens with zero attached hydrogens (tertiary/aromatic N) is 1. The topological polar surface area (TPSA) is 88.4 Å². The predicted octanol–water partition coefficient (Wildman–Crippen LogP) is 2.03. The lowest BCUT2D eigenvalue weighted by molar-refractivity contribution is -0.154. The van der Waals surface area contributed by atoms with E-state index in [1.807, 2.05) is 6.07 Å². The molecule has 1 rings (SSSR count). The molecule has 0 saturated heterocycles. The minimum Gasteiger partial charge on any atom is -0.479 e. The zero-order valence-corrected chi connectivity index (χ0v) is 13.7. The number of carbonyl (C=O) groups excluding carboxylic acids is 2. The van der Waals surface area contributed by atoms with Gasteiger partial charge in [0.15, 0.2) is 12.7 Å². The van der Waals surface area contributed by atoms with Gasteiger partial charge in [0.2, 0.25) is 0 Å². The zero-order chi connectivity index (χ0) is 17.2. The number of amides is 1. The van der Waals surface area contributed by atoms with Crippen LogP contribution < -0.4 is 10.1 Å². The molecule has 1 amide bonds. The van der Waals surface area contributed by atoms with Gasteiger partial charge in [-0.15, -0.1) is 0 Å². The first-order chi connectivity index (χ1) is 10.9. The summed E-state index contributed by atoms with van der Waals surface area (Å²) < 4.78 is 10.3. The lowest BCUT2D eigenvalue weighted by Gasteiger charge is -2.14. The molecule has 1 aromatic carbocycles. The van der Waals surface area contributed by atoms with Gasteiger partial charge in [-0.3, -0.25) is 4.79 Å². The van der Waals surface area contributed by atoms with Gasteiger partial charge in [0.25, 0.3) is 5.91 Å². The summed E-state index contributed by atoms with van der Waals surface area (Å²) in [4.78, 5) is 23.3. The Balaban J connectivity index is 2.33. The zero-order valence-electron chi connectivity index (χ0n) is 13.7. The molecule has 0 heterocycles. The third-order valence-electron chi connectivity index (χ3n) is 3.02. The molecule has 124 valence electrons. The monoisotopic (exact) mass is 318 g/mol. The molecule has 6 nitrogen and oxygen atoms in total. The highest BCUT2D eigenvalue weighted by atomic mass is 16.6. The Morgan fingerprint density at radius 2 is 1.87 bits per heavy atom. The summed E-state index contributed by atoms with van der Waals surface area (Å²) in [6.07, 6.45) is 0.0316. The Morgan fingerprint density at radius 1 is 1.22 bits per heavy atom. The number of benzene rings is 1. The minimum absolute atomic E-state index is 0.321. The molecule has 0 spiro atoms. The number of ether oxygens (including phenoxy) is 2. The predicted molar refractivity (Wildman–Crippen MR) is 84.7 cm³/mol. The Morgan fingerprint density at radius 3 is 2.43 bits per heavy atom. The third-order valence-corrected chi connectivity index (χ3v) is 3.02. The van der Waals surface area contributed by atoms with E-state index in [-0.39, 0.29) is 12.5 Å². The van der Waals surface area contributed by atoms with Gasteiger partial charge < -0.3 is 14.8 Å². The van der Waals surface area contributed by atoms with Crippen LogP contribution in [0.15, 0.2) is 24.3 Å². The summed E-state index contributed by atoms with van der Waals surface area (Å²) in [5, 5.41) is 11.4. The van der Waals surface area contributed by atoms with Crippen LogP contribution in [0.5, 0.6) is 5.75 Å². The van der Waals surface area contributed by atoms with Crippen molar-refractivity contribution in [2.75, 3.05) is 13.2 Å². The van der Waals surface area contributed by atoms with Gasteiger partial charge in [0.1, 0.15) is 5.75 Å². The first-order valence-electron chi connectivity index (χ1n) is 7.52. The maximum atomic E-state index is 11.8. The van der Waals surface area contributed by atoms with Crippen LogP contribution in [0.4, 0.5) is 0 Å². The Labute approximate surface area is 136 Å². The molecule has 0 bridgehead atoms. The fourth-order valence-electron chi connectivity index (χ4n) is 1.67. The van der Waals surface area contributed by atoms with E-state index in [2.05, 4.69) is 19.2 Å². The van der Waals surface area contributed by atoms with Gasteiger partial charge in [-0.25, -0.2) is 4.79 Å². The third kappa shape index (κ3) is 7.32. The average molecular weight is 318 g/mol. The van der Waals surface area contributed by atoms with Crippen LogP contribution in [0.1, 0.15) is 32.8 Å². The molecule has 6 heteroatoms. The number of rotatable bonds is 8. The summed E-state index contributed by atoms with van der Waals surface area (Å²) in [6.45, 7) is 5.91. The maximum Gasteiger partial charge on any atom is 0.347 e. The van der Waals surface area contributed by atoms with E-state index in [9.17, 15) is 9.59 Å². The first-order valence-corrected chi connectivity index (χ1v) is 7.52. The van der Waals surface area contributed by atoms with E-state index in [1.54, 1.807) is 24.3 Å². The lowest BCUT2D eigenvalue weighted by atomic mass is 10.1. The first kappa shape index (κ1) is 18.5. The van der Waals surface area contributed by atoms with Gasteiger partial charge in [-0.2, -0.15) is 5.26 Å². The van der Waals surface area contributed by atoms with Crippen molar-refractivity contribution in [3.63, 3.8) is 0 Å². The molecule has 1 N–H and O–H groups in total. The second-order valence-corrected chi connectivity index (χ2v) is 5.54. The van der Waals surface area contributed by atoms with Crippen LogP contribution in [0.2, 0.25) is 0 Å². The van der Waals surface area contributed by atoms with Gasteiger partial charge >= 0.3 is 5.97 Å². The molecule has 0 radical (unpaired) electrons. The van der Waals surface area contributed by atoms with Crippen LogP contribution in [0.25, 0.3) is 0 Å². The number of hydrogen-bond acceptors (Lipinski definition) is 5. The van der Waals surface area contributed by atoms with E-state index in [0.717, 1.165) is 6.42 Å². The smallest absolute Gasteiger partial charge is 0.347 e. The van der Waals surface area contributed by atoms with Crippen molar-refractivity contribution in [2.45, 2.75) is 33.3 Å². The van der Waals surface area contributed by atoms with E-state index < -0.39 is 12.1 Å². The van der Waals surface area contributed by atoms with Gasteiger partial charge in [0.05, 0.1) is 11.6 Å². The van der Waals surface area contributed by atoms with Gasteiger partial charge in [0, 0.05) is 6.54 Å². The number of nitrogens with one attached hydrogen (secondary N) is 1. The summed E-state index contributed by atoms with van der Waals surface area (Å²) in [6, 6.07) is 8.38. The summed E-state index contributed by atoms with van der Waals surface area (Å²) in [5.41, 5.74) is 0.505.